The molecule has 0 aliphatic carbocycles. The first kappa shape index (κ1) is 27.2. The molecule has 0 unspecified atom stereocenters. The van der Waals surface area contributed by atoms with Crippen molar-refractivity contribution in [2.45, 2.75) is 64.3 Å². The average Bonchev–Trinajstić information content (AvgIpc) is 3.22. The first-order chi connectivity index (χ1) is 18.3. The molecule has 5 rings (SSSR count). The quantitative estimate of drug-likeness (QED) is 0.458. The second kappa shape index (κ2) is 9.99. The molecular formula is C31H38N2O5Si. The van der Waals surface area contributed by atoms with E-state index in [4.69, 9.17) is 9.47 Å². The van der Waals surface area contributed by atoms with Crippen molar-refractivity contribution in [3.63, 3.8) is 0 Å². The maximum atomic E-state index is 13.5. The summed E-state index contributed by atoms with van der Waals surface area (Å²) in [6.07, 6.45) is 1.18. The average molecular weight is 547 g/mol. The van der Waals surface area contributed by atoms with E-state index in [0.717, 1.165) is 45.7 Å². The van der Waals surface area contributed by atoms with Gasteiger partial charge in [-0.05, 0) is 92.5 Å². The normalized spacial score (nSPS) is 16.6. The Morgan fingerprint density at radius 2 is 1.82 bits per heavy atom. The molecular weight excluding hydrogens is 508 g/mol. The van der Waals surface area contributed by atoms with E-state index < -0.39 is 20.0 Å². The van der Waals surface area contributed by atoms with Gasteiger partial charge in [0.2, 0.25) is 8.32 Å². The molecule has 0 bridgehead atoms. The van der Waals surface area contributed by atoms with E-state index in [1.54, 1.807) is 0 Å². The molecule has 1 fully saturated rings. The van der Waals surface area contributed by atoms with Crippen molar-refractivity contribution < 1.29 is 23.9 Å². The number of nitrogens with one attached hydrogen (secondary N) is 1. The van der Waals surface area contributed by atoms with Gasteiger partial charge in [-0.3, -0.25) is 4.79 Å². The number of fused-ring (bicyclic) bond motifs is 3. The fraction of sp³-hybridized carbons (Fsp3) is 0.419. The Morgan fingerprint density at radius 3 is 2.51 bits per heavy atom. The van der Waals surface area contributed by atoms with Crippen LogP contribution in [0.5, 0.6) is 5.75 Å². The lowest BCUT2D eigenvalue weighted by Gasteiger charge is -2.38. The zero-order valence-electron chi connectivity index (χ0n) is 23.5. The Morgan fingerprint density at radius 1 is 1.08 bits per heavy atom. The van der Waals surface area contributed by atoms with Crippen LogP contribution in [-0.4, -0.2) is 55.3 Å². The van der Waals surface area contributed by atoms with Gasteiger partial charge in [0.05, 0.1) is 6.61 Å². The number of piperidine rings is 1. The van der Waals surface area contributed by atoms with Crippen molar-refractivity contribution in [2.24, 2.45) is 0 Å². The molecule has 39 heavy (non-hydrogen) atoms. The van der Waals surface area contributed by atoms with Crippen LogP contribution in [0.2, 0.25) is 13.1 Å². The van der Waals surface area contributed by atoms with E-state index in [2.05, 4.69) is 11.4 Å². The van der Waals surface area contributed by atoms with Crippen molar-refractivity contribution in [1.29, 1.82) is 0 Å². The Hall–Kier alpha value is -3.36. The van der Waals surface area contributed by atoms with Crippen LogP contribution in [0.25, 0.3) is 10.8 Å². The molecule has 3 aromatic rings. The second-order valence-electron chi connectivity index (χ2n) is 12.3. The zero-order chi connectivity index (χ0) is 28.0. The van der Waals surface area contributed by atoms with E-state index in [1.807, 2.05) is 87.3 Å². The second-order valence-corrected chi connectivity index (χ2v) is 16.0. The fourth-order valence-electron chi connectivity index (χ4n) is 5.68. The fourth-order valence-corrected chi connectivity index (χ4v) is 7.06. The minimum atomic E-state index is -2.55. The smallest absolute Gasteiger partial charge is 0.407 e. The Balaban J connectivity index is 1.29. The number of ether oxygens (including phenoxy) is 2. The summed E-state index contributed by atoms with van der Waals surface area (Å²) < 4.78 is 11.4. The van der Waals surface area contributed by atoms with Crippen molar-refractivity contribution >= 4 is 36.3 Å². The number of amides is 2. The van der Waals surface area contributed by atoms with Crippen LogP contribution in [-0.2, 0) is 16.7 Å². The van der Waals surface area contributed by atoms with E-state index in [1.165, 1.54) is 0 Å². The highest BCUT2D eigenvalue weighted by Gasteiger charge is 2.44. The van der Waals surface area contributed by atoms with Gasteiger partial charge in [0, 0.05) is 36.2 Å². The minimum absolute atomic E-state index is 0.0217. The van der Waals surface area contributed by atoms with Crippen LogP contribution in [0.1, 0.15) is 55.1 Å². The number of rotatable bonds is 4. The maximum absolute atomic E-state index is 13.5. The molecule has 0 aromatic heterocycles. The highest BCUT2D eigenvalue weighted by Crippen LogP contribution is 2.46. The monoisotopic (exact) mass is 546 g/mol. The van der Waals surface area contributed by atoms with Crippen molar-refractivity contribution in [3.8, 4) is 5.75 Å². The Kier molecular flexibility index (Phi) is 6.97. The number of likely N-dealkylation sites (tertiary alicyclic amines) is 1. The lowest BCUT2D eigenvalue weighted by atomic mass is 9.74. The molecule has 2 aliphatic heterocycles. The highest BCUT2D eigenvalue weighted by atomic mass is 28.4. The molecule has 2 heterocycles. The molecule has 1 spiro atoms. The number of carbonyl (C=O) groups is 2. The summed E-state index contributed by atoms with van der Waals surface area (Å²) in [6.45, 7) is 11.6. The van der Waals surface area contributed by atoms with E-state index >= 15 is 0 Å². The van der Waals surface area contributed by atoms with Gasteiger partial charge in [-0.25, -0.2) is 4.79 Å². The van der Waals surface area contributed by atoms with E-state index in [9.17, 15) is 14.4 Å². The van der Waals surface area contributed by atoms with Gasteiger partial charge >= 0.3 is 6.09 Å². The summed E-state index contributed by atoms with van der Waals surface area (Å²) in [5.41, 5.74) is 2.12. The van der Waals surface area contributed by atoms with Crippen LogP contribution >= 0.6 is 0 Å². The van der Waals surface area contributed by atoms with Gasteiger partial charge in [-0.1, -0.05) is 30.3 Å². The third-order valence-corrected chi connectivity index (χ3v) is 9.51. The third kappa shape index (κ3) is 5.67. The molecule has 7 nitrogen and oxygen atoms in total. The topological polar surface area (TPSA) is 88.1 Å². The molecule has 0 atom stereocenters. The van der Waals surface area contributed by atoms with Crippen LogP contribution in [0.15, 0.2) is 54.6 Å². The summed E-state index contributed by atoms with van der Waals surface area (Å²) in [5.74, 6) is 0.905. The molecule has 2 aliphatic rings. The van der Waals surface area contributed by atoms with Crippen LogP contribution < -0.4 is 15.2 Å². The van der Waals surface area contributed by atoms with Gasteiger partial charge in [-0.2, -0.15) is 0 Å². The highest BCUT2D eigenvalue weighted by molar-refractivity contribution is 6.85. The number of carbonyl (C=O) groups excluding carboxylic acids is 2. The largest absolute Gasteiger partial charge is 0.492 e. The first-order valence-electron chi connectivity index (χ1n) is 13.6. The van der Waals surface area contributed by atoms with Gasteiger partial charge in [0.15, 0.2) is 0 Å². The number of nitrogens with zero attached hydrogens (tertiary/aromatic N) is 1. The lowest BCUT2D eigenvalue weighted by molar-refractivity contribution is 0.0523. The predicted octanol–water partition coefficient (Wildman–Crippen LogP) is 4.84. The van der Waals surface area contributed by atoms with Gasteiger partial charge < -0.3 is 24.5 Å². The minimum Gasteiger partial charge on any atom is -0.492 e. The molecule has 206 valence electrons. The molecule has 2 N–H and O–H groups in total. The van der Waals surface area contributed by atoms with Gasteiger partial charge in [0.1, 0.15) is 11.4 Å². The Bertz CT molecular complexity index is 1410. The lowest BCUT2D eigenvalue weighted by Crippen LogP contribution is -2.46. The molecule has 1 saturated heterocycles. The standard InChI is InChI=1S/C31H38N2O5Si/c1-30(2,3)38-29(35)32-19-21-9-12-26-25(17-21)31(20-37-26)13-15-33(16-14-31)28(34)23-11-10-22-7-6-8-27(24(22)18-23)39(4,5)36/h6-12,17-18,36H,13-16,19-20H2,1-5H3,(H,32,35). The van der Waals surface area contributed by atoms with Crippen molar-refractivity contribution in [2.75, 3.05) is 19.7 Å². The van der Waals surface area contributed by atoms with Crippen molar-refractivity contribution in [1.82, 2.24) is 10.2 Å². The molecule has 0 radical (unpaired) electrons. The van der Waals surface area contributed by atoms with Crippen LogP contribution in [0, 0.1) is 0 Å². The summed E-state index contributed by atoms with van der Waals surface area (Å²) in [4.78, 5) is 38.4. The number of hydrogen-bond donors (Lipinski definition) is 2. The summed E-state index contributed by atoms with van der Waals surface area (Å²) in [7, 11) is -2.55. The summed E-state index contributed by atoms with van der Waals surface area (Å²) in [6, 6.07) is 17.9. The molecule has 8 heteroatoms. The van der Waals surface area contributed by atoms with Crippen LogP contribution in [0.4, 0.5) is 4.79 Å². The predicted molar refractivity (Wildman–Crippen MR) is 155 cm³/mol. The number of alkyl carbamates (subject to hydrolysis) is 1. The number of benzene rings is 3. The zero-order valence-corrected chi connectivity index (χ0v) is 24.5. The first-order valence-corrected chi connectivity index (χ1v) is 16.6. The van der Waals surface area contributed by atoms with Gasteiger partial charge in [-0.15, -0.1) is 0 Å². The maximum Gasteiger partial charge on any atom is 0.407 e. The summed E-state index contributed by atoms with van der Waals surface area (Å²) in [5, 5.41) is 5.78. The number of hydrogen-bond acceptors (Lipinski definition) is 5. The molecule has 2 amide bonds. The molecule has 0 saturated carbocycles. The third-order valence-electron chi connectivity index (χ3n) is 7.75. The van der Waals surface area contributed by atoms with Crippen LogP contribution in [0.3, 0.4) is 0 Å². The van der Waals surface area contributed by atoms with E-state index in [-0.39, 0.29) is 11.3 Å². The van der Waals surface area contributed by atoms with E-state index in [0.29, 0.717) is 31.8 Å². The summed E-state index contributed by atoms with van der Waals surface area (Å²) >= 11 is 0. The SMILES string of the molecule is CC(C)(C)OC(=O)NCc1ccc2c(c1)C1(CCN(C(=O)c3ccc4cccc([Si](C)(C)O)c4c3)CC1)CO2. The van der Waals surface area contributed by atoms with Gasteiger partial charge in [0.25, 0.3) is 5.91 Å². The van der Waals surface area contributed by atoms with Crippen molar-refractivity contribution in [3.05, 3.63) is 71.3 Å². The Labute approximate surface area is 231 Å². The molecule has 3 aromatic carbocycles.